The smallest absolute Gasteiger partial charge is 0.343 e. The Balaban J connectivity index is 0.640. The predicted octanol–water partition coefficient (Wildman–Crippen LogP) is 5.46. The first-order chi connectivity index (χ1) is 45.0. The van der Waals surface area contributed by atoms with Gasteiger partial charge in [0.1, 0.15) is 43.7 Å². The van der Waals surface area contributed by atoms with E-state index in [4.69, 9.17) is 19.2 Å². The lowest BCUT2D eigenvalue weighted by molar-refractivity contribution is -0.172. The van der Waals surface area contributed by atoms with Crippen LogP contribution in [0.3, 0.4) is 0 Å². The summed E-state index contributed by atoms with van der Waals surface area (Å²) in [6.07, 6.45) is 5.80. The van der Waals surface area contributed by atoms with Crippen LogP contribution in [0.1, 0.15) is 136 Å². The second-order valence-corrected chi connectivity index (χ2v) is 26.4. The zero-order valence-corrected chi connectivity index (χ0v) is 53.5. The second-order valence-electron chi connectivity index (χ2n) is 26.4. The first kappa shape index (κ1) is 64.9. The van der Waals surface area contributed by atoms with Gasteiger partial charge in [-0.15, -0.1) is 0 Å². The average molecular weight is 1290 g/mol. The molecule has 94 heavy (non-hydrogen) atoms. The van der Waals surface area contributed by atoms with Crippen molar-refractivity contribution < 1.29 is 66.9 Å². The fraction of sp³-hybridized carbons (Fsp3) is 0.451. The Bertz CT molecular complexity index is 4150. The third kappa shape index (κ3) is 12.1. The van der Waals surface area contributed by atoms with E-state index in [-0.39, 0.29) is 90.3 Å². The van der Waals surface area contributed by atoms with Crippen LogP contribution in [0.4, 0.5) is 10.1 Å². The number of carbonyl (C=O) groups is 9. The third-order valence-electron chi connectivity index (χ3n) is 20.8. The number of anilines is 1. The minimum Gasteiger partial charge on any atom is -0.462 e. The molecule has 0 saturated heterocycles. The van der Waals surface area contributed by atoms with E-state index in [1.54, 1.807) is 75.2 Å². The van der Waals surface area contributed by atoms with Gasteiger partial charge >= 0.3 is 11.9 Å². The molecule has 12 rings (SSSR count). The number of fused-ring (bicyclic) bond motifs is 9. The van der Waals surface area contributed by atoms with E-state index in [1.165, 1.54) is 23.1 Å². The summed E-state index contributed by atoms with van der Waals surface area (Å²) < 4.78 is 33.9. The van der Waals surface area contributed by atoms with Crippen molar-refractivity contribution in [3.63, 3.8) is 0 Å². The molecule has 4 heterocycles. The van der Waals surface area contributed by atoms with Gasteiger partial charge in [0, 0.05) is 79.3 Å². The number of nitrogens with zero attached hydrogens (tertiary/aromatic N) is 3. The summed E-state index contributed by atoms with van der Waals surface area (Å²) in [5.41, 5.74) is 6.56. The van der Waals surface area contributed by atoms with Crippen molar-refractivity contribution in [2.45, 2.75) is 142 Å². The first-order valence-electron chi connectivity index (χ1n) is 32.2. The van der Waals surface area contributed by atoms with E-state index in [1.807, 2.05) is 24.3 Å². The number of hydrogen-bond donors (Lipinski definition) is 6. The highest BCUT2D eigenvalue weighted by molar-refractivity contribution is 5.96. The topological polar surface area (TPSA) is 300 Å². The molecular weight excluding hydrogens is 1210 g/mol. The molecule has 3 aromatic carbocycles. The maximum Gasteiger partial charge on any atom is 0.343 e. The second kappa shape index (κ2) is 25.9. The first-order valence-corrected chi connectivity index (χ1v) is 32.2. The molecule has 492 valence electrons. The maximum absolute atomic E-state index is 15.5. The van der Waals surface area contributed by atoms with E-state index in [9.17, 15) is 53.1 Å². The Morgan fingerprint density at radius 1 is 0.883 bits per heavy atom. The number of halogens is 1. The summed E-state index contributed by atoms with van der Waals surface area (Å²) in [7, 11) is 1.75. The quantitative estimate of drug-likeness (QED) is 0.0314. The molecule has 0 bridgehead atoms. The number of aliphatic hydroxyl groups is 1. The SMILES string of the molecule is CC[C@@]1(O)C(=O)OCc2c1cc1n(c2=O)Cc2c-1nc1cc(F)c(C)c3c1c2[C@@H](NC(=O)COCNC(=O)CNC(=O)[C@H](Cc1ccccc1)NC(=O)CNC(=O)CN(C)c1ccc([C@H]2C[C@]4(C)[C@H](C(C)=O)CC[C@H]4[C@H]4C2=C2CCC(=O)C=C2CC4OC(C)=O)cc1)CC3. The molecule has 22 nitrogen and oxygen atoms in total. The lowest BCUT2D eigenvalue weighted by Gasteiger charge is -2.54. The molecule has 0 spiro atoms. The molecular formula is C71H77FN8O14. The largest absolute Gasteiger partial charge is 0.462 e. The lowest BCUT2D eigenvalue weighted by Crippen LogP contribution is -2.52. The van der Waals surface area contributed by atoms with Gasteiger partial charge in [0.25, 0.3) is 5.56 Å². The van der Waals surface area contributed by atoms with Gasteiger partial charge in [0.2, 0.25) is 29.5 Å². The number of benzene rings is 3. The molecule has 1 unspecified atom stereocenters. The van der Waals surface area contributed by atoms with Crippen molar-refractivity contribution in [2.75, 3.05) is 44.9 Å². The van der Waals surface area contributed by atoms with E-state index >= 15 is 4.39 Å². The summed E-state index contributed by atoms with van der Waals surface area (Å²) in [6.45, 7) is 6.31. The fourth-order valence-electron chi connectivity index (χ4n) is 16.3. The number of aromatic nitrogens is 2. The van der Waals surface area contributed by atoms with Crippen molar-refractivity contribution >= 4 is 69.6 Å². The fourth-order valence-corrected chi connectivity index (χ4v) is 16.3. The van der Waals surface area contributed by atoms with Crippen molar-refractivity contribution in [1.29, 1.82) is 0 Å². The van der Waals surface area contributed by atoms with Crippen molar-refractivity contribution in [1.82, 2.24) is 36.1 Å². The molecule has 2 fully saturated rings. The zero-order chi connectivity index (χ0) is 66.7. The Hall–Kier alpha value is -9.22. The highest BCUT2D eigenvalue weighted by Crippen LogP contribution is 2.66. The Labute approximate surface area is 541 Å². The summed E-state index contributed by atoms with van der Waals surface area (Å²) >= 11 is 0. The third-order valence-corrected chi connectivity index (χ3v) is 20.8. The van der Waals surface area contributed by atoms with Gasteiger partial charge in [-0.1, -0.05) is 61.9 Å². The van der Waals surface area contributed by atoms with Crippen LogP contribution in [0.15, 0.2) is 94.3 Å². The Morgan fingerprint density at radius 3 is 2.37 bits per heavy atom. The van der Waals surface area contributed by atoms with Crippen LogP contribution in [0, 0.1) is 35.9 Å². The zero-order valence-electron chi connectivity index (χ0n) is 53.5. The number of ketones is 2. The van der Waals surface area contributed by atoms with E-state index in [0.717, 1.165) is 40.8 Å². The number of Topliss-reactive ketones (excluding diaryl/α,β-unsaturated/α-hetero) is 1. The molecule has 23 heteroatoms. The number of cyclic esters (lactones) is 1. The predicted molar refractivity (Wildman–Crippen MR) is 341 cm³/mol. The minimum atomic E-state index is -2.06. The number of ether oxygens (including phenoxy) is 3. The van der Waals surface area contributed by atoms with Gasteiger partial charge in [-0.25, -0.2) is 14.2 Å². The van der Waals surface area contributed by atoms with Gasteiger partial charge in [-0.2, -0.15) is 0 Å². The van der Waals surface area contributed by atoms with Crippen molar-refractivity contribution in [2.24, 2.45) is 23.2 Å². The number of hydrogen-bond acceptors (Lipinski definition) is 16. The molecule has 9 atom stereocenters. The summed E-state index contributed by atoms with van der Waals surface area (Å²) in [5, 5.41) is 25.5. The normalized spacial score (nSPS) is 24.0. The minimum absolute atomic E-state index is 0.0506. The molecule has 2 saturated carbocycles. The van der Waals surface area contributed by atoms with Gasteiger partial charge in [0.05, 0.1) is 54.7 Å². The number of likely N-dealkylation sites (N-methyl/N-ethyl adjacent to an activating group) is 1. The maximum atomic E-state index is 15.5. The molecule has 5 amide bonds. The van der Waals surface area contributed by atoms with Crippen molar-refractivity contribution in [3.8, 4) is 11.4 Å². The number of rotatable bonds is 20. The van der Waals surface area contributed by atoms with Crippen LogP contribution >= 0.6 is 0 Å². The molecule has 2 aliphatic heterocycles. The van der Waals surface area contributed by atoms with E-state index in [2.05, 4.69) is 33.5 Å². The van der Waals surface area contributed by atoms with Gasteiger partial charge in [-0.3, -0.25) is 43.2 Å². The van der Waals surface area contributed by atoms with E-state index < -0.39 is 97.1 Å². The number of allylic oxidation sites excluding steroid dienone is 2. The van der Waals surface area contributed by atoms with Crippen LogP contribution in [0.25, 0.3) is 22.3 Å². The highest BCUT2D eigenvalue weighted by atomic mass is 19.1. The van der Waals surface area contributed by atoms with Crippen LogP contribution < -0.4 is 37.0 Å². The Morgan fingerprint density at radius 2 is 1.64 bits per heavy atom. The van der Waals surface area contributed by atoms with Crippen LogP contribution in [0.5, 0.6) is 0 Å². The van der Waals surface area contributed by atoms with E-state index in [0.29, 0.717) is 83.1 Å². The van der Waals surface area contributed by atoms with Gasteiger partial charge in [0.15, 0.2) is 11.4 Å². The van der Waals surface area contributed by atoms with Crippen LogP contribution in [-0.4, -0.2) is 120 Å². The number of pyridine rings is 2. The summed E-state index contributed by atoms with van der Waals surface area (Å²) in [4.78, 5) is 139. The lowest BCUT2D eigenvalue weighted by atomic mass is 9.51. The monoisotopic (exact) mass is 1280 g/mol. The molecule has 0 radical (unpaired) electrons. The number of aryl methyl sites for hydroxylation is 1. The number of carbonyl (C=O) groups excluding carboxylic acids is 9. The Kier molecular flexibility index (Phi) is 17.9. The summed E-state index contributed by atoms with van der Waals surface area (Å²) in [5.74, 6) is -4.77. The number of esters is 2. The van der Waals surface area contributed by atoms with Crippen LogP contribution in [0.2, 0.25) is 0 Å². The average Bonchev–Trinajstić information content (AvgIpc) is 1.39. The highest BCUT2D eigenvalue weighted by Gasteiger charge is 2.60. The number of amides is 5. The van der Waals surface area contributed by atoms with Gasteiger partial charge < -0.3 is 55.4 Å². The standard InChI is InChI=1S/C71H77FN8O14/c1-7-71(91)51-26-56-66-47(31-80(56)68(89)48(51)33-93-69(71)90)64-53(22-19-44-36(2)52(72)27-54(78-66)63(44)64)76-61(87)34-92-35-75-58(84)29-74-67(88)55(23-39-11-9-8-10-12-39)77-59(85)30-73-60(86)32-79(6)42-15-13-40(14-16-42)46-28-70(5)49(37(3)81)20-21-50(70)65-57(94-38(4)82)25-41-24-43(83)17-18-45(41)62(46)65/h8-16,24,26-27,46,49-50,53,55,57,65,91H,7,17-23,25,28-35H2,1-6H3,(H,73,86)(H,74,88)(H,75,84)(H,76,87)(H,77,85)/t46-,49+,50+,53+,55+,57?,65-,70-,71+/m1/s1. The molecule has 5 aliphatic carbocycles. The molecule has 2 aromatic heterocycles. The summed E-state index contributed by atoms with van der Waals surface area (Å²) in [6, 6.07) is 17.9. The molecule has 7 aliphatic rings. The van der Waals surface area contributed by atoms with Gasteiger partial charge in [-0.05, 0) is 133 Å². The van der Waals surface area contributed by atoms with Crippen molar-refractivity contribution in [3.05, 3.63) is 150 Å². The molecule has 6 N–H and O–H groups in total. The van der Waals surface area contributed by atoms with Crippen LogP contribution in [-0.2, 0) is 89.0 Å². The number of nitrogens with one attached hydrogen (secondary N) is 5. The molecule has 5 aromatic rings.